The number of nitrogens with one attached hydrogen (secondary N) is 1. The van der Waals surface area contributed by atoms with Crippen molar-refractivity contribution >= 4 is 72.8 Å². The summed E-state index contributed by atoms with van der Waals surface area (Å²) >= 11 is 0. The topological polar surface area (TPSA) is 345 Å². The molecule has 32 nitrogen and oxygen atoms in total. The van der Waals surface area contributed by atoms with Gasteiger partial charge in [-0.05, 0) is 206 Å². The van der Waals surface area contributed by atoms with Gasteiger partial charge < -0.3 is 67.5 Å². The van der Waals surface area contributed by atoms with Crippen LogP contribution >= 0.6 is 0 Å². The van der Waals surface area contributed by atoms with E-state index in [1.807, 2.05) is 32.2 Å². The number of anilines is 4. The zero-order valence-electron chi connectivity index (χ0n) is 75.1. The van der Waals surface area contributed by atoms with E-state index in [4.69, 9.17) is 47.3 Å². The lowest BCUT2D eigenvalue weighted by atomic mass is 9.84. The fourth-order valence-electron chi connectivity index (χ4n) is 20.3. The molecule has 24 rings (SSSR count). The lowest BCUT2D eigenvalue weighted by Crippen LogP contribution is -2.57. The number of benzene rings is 4. The van der Waals surface area contributed by atoms with Gasteiger partial charge >= 0.3 is 0 Å². The van der Waals surface area contributed by atoms with Crippen LogP contribution in [0.3, 0.4) is 0 Å². The van der Waals surface area contributed by atoms with Crippen LogP contribution in [0.2, 0.25) is 0 Å². The van der Waals surface area contributed by atoms with Gasteiger partial charge in [-0.25, -0.2) is 58.9 Å². The van der Waals surface area contributed by atoms with Crippen molar-refractivity contribution in [1.29, 1.82) is 0 Å². The minimum Gasteiger partial charge on any atom is -0.488 e. The lowest BCUT2D eigenvalue weighted by molar-refractivity contribution is -0.133. The Hall–Kier alpha value is -11.9. The van der Waals surface area contributed by atoms with E-state index in [2.05, 4.69) is 147 Å². The van der Waals surface area contributed by atoms with E-state index in [9.17, 15) is 9.18 Å². The van der Waals surface area contributed by atoms with Crippen LogP contribution in [-0.2, 0) is 51.1 Å². The van der Waals surface area contributed by atoms with Crippen LogP contribution < -0.4 is 48.6 Å². The number of nitrogens with zero attached hydrogens (tertiary/aromatic N) is 20. The van der Waals surface area contributed by atoms with E-state index < -0.39 is 0 Å². The van der Waals surface area contributed by atoms with Gasteiger partial charge in [-0.1, -0.05) is 6.92 Å². The maximum absolute atomic E-state index is 14.6. The van der Waals surface area contributed by atoms with Crippen molar-refractivity contribution in [1.82, 2.24) is 85.4 Å². The highest BCUT2D eigenvalue weighted by molar-refractivity contribution is 5.92. The van der Waals surface area contributed by atoms with Gasteiger partial charge in [0.1, 0.15) is 68.7 Å². The Morgan fingerprint density at radius 2 is 0.840 bits per heavy atom. The molecule has 4 saturated carbocycles. The molecule has 4 bridgehead atoms. The normalized spacial score (nSPS) is 24.1. The van der Waals surface area contributed by atoms with Gasteiger partial charge in [0.05, 0.1) is 110 Å². The molecule has 1 N–H and O–H groups in total. The van der Waals surface area contributed by atoms with Crippen LogP contribution in [0.4, 0.5) is 27.1 Å². The molecule has 8 saturated heterocycles. The third-order valence-electron chi connectivity index (χ3n) is 27.4. The highest BCUT2D eigenvalue weighted by Crippen LogP contribution is 2.43. The average Bonchev–Trinajstić information content (AvgIpc) is 1.17. The van der Waals surface area contributed by atoms with Crippen molar-refractivity contribution in [3.63, 3.8) is 0 Å². The number of ether oxygens (including phenoxy) is 9. The van der Waals surface area contributed by atoms with Crippen LogP contribution in [0.5, 0.6) is 28.9 Å². The summed E-state index contributed by atoms with van der Waals surface area (Å²) in [5.41, 5.74) is 14.5. The molecular weight excluding hydrogens is 1670 g/mol. The summed E-state index contributed by atoms with van der Waals surface area (Å²) in [7, 11) is 3.26. The molecule has 16 heterocycles. The highest BCUT2D eigenvalue weighted by atomic mass is 19.1. The Bertz CT molecular complexity index is 5830. The number of halogens is 1. The Morgan fingerprint density at radius 1 is 0.427 bits per heavy atom. The summed E-state index contributed by atoms with van der Waals surface area (Å²) < 4.78 is 73.6. The monoisotopic (exact) mass is 1780 g/mol. The Morgan fingerprint density at radius 3 is 1.31 bits per heavy atom. The predicted octanol–water partition coefficient (Wildman–Crippen LogP) is 14.0. The van der Waals surface area contributed by atoms with Crippen molar-refractivity contribution in [3.05, 3.63) is 175 Å². The molecule has 33 heteroatoms. The van der Waals surface area contributed by atoms with Gasteiger partial charge in [0.15, 0.2) is 17.1 Å². The Labute approximate surface area is 761 Å². The third kappa shape index (κ3) is 21.8. The standard InChI is InChI=1S/C26H30FN5O2.C26H30N6O3.C24H29N5O3.C22H27N5O3/c1-2-21-25(27)22(31-15-30-21)9-16-3-5-18(6-4-16)34-24-11-17(10-23-26(24)29-8-7-28-23)32-13-19-12-20(14-32)33-19;1-27-26(33)21-6-7-29-24(31-21)10-16-2-4-18(5-3-16)35-23-12-17(11-22-25(23)30-9-8-28-22)32-14-19-13-20(15-32)34-19;1-30-24-21(26-7-9-28-24)14-17-2-4-19(5-3-17)32-22-16-18(29-10-12-31-13-11-29)15-20-23(22)27-8-6-25-20;1-15-23-7-6-17(24-15)12-16-2-4-19(5-3-16)29-21-14-18(27-8-10-28-11-9-27)13-20-22(21)26-30-25-20/h7-8,10-11,15-16,18-20H,2-6,9,12-14H2,1H3;6-9,11-12,16,18-20H,2-5,10,13-15H2,1H3,(H,27,33);6-9,15-17,19H,2-5,10-14H2,1H3;6-7,13-14,16,19H,2-5,8-12H2,1H3. The summed E-state index contributed by atoms with van der Waals surface area (Å²) in [5, 5.41) is 10.8. The quantitative estimate of drug-likeness (QED) is 0.0621. The number of amides is 1. The molecule has 0 radical (unpaired) electrons. The Kier molecular flexibility index (Phi) is 28.1. The third-order valence-corrected chi connectivity index (χ3v) is 27.4. The summed E-state index contributed by atoms with van der Waals surface area (Å²) in [6.45, 7) is 14.0. The largest absolute Gasteiger partial charge is 0.488 e. The molecule has 8 aromatic heterocycles. The average molecular weight is 1780 g/mol. The molecule has 131 heavy (non-hydrogen) atoms. The summed E-state index contributed by atoms with van der Waals surface area (Å²) in [6.07, 6.45) is 43.4. The second-order valence-electron chi connectivity index (χ2n) is 36.3. The number of carbonyl (C=O) groups is 1. The number of hydrogen-bond acceptors (Lipinski definition) is 31. The second kappa shape index (κ2) is 41.7. The van der Waals surface area contributed by atoms with Crippen LogP contribution in [0.15, 0.2) is 134 Å². The first-order valence-corrected chi connectivity index (χ1v) is 47.1. The minimum atomic E-state index is -0.231. The van der Waals surface area contributed by atoms with Gasteiger partial charge in [0.2, 0.25) is 5.88 Å². The van der Waals surface area contributed by atoms with Crippen molar-refractivity contribution in [2.45, 2.75) is 210 Å². The van der Waals surface area contributed by atoms with Crippen LogP contribution in [-0.4, -0.2) is 228 Å². The number of piperidine rings is 2. The van der Waals surface area contributed by atoms with Gasteiger partial charge in [0.25, 0.3) is 5.91 Å². The van der Waals surface area contributed by atoms with E-state index in [1.54, 1.807) is 76.0 Å². The Balaban J connectivity index is 0.000000113. The zero-order chi connectivity index (χ0) is 88.9. The van der Waals surface area contributed by atoms with Gasteiger partial charge in [-0.15, -0.1) is 0 Å². The number of rotatable bonds is 23. The first-order chi connectivity index (χ1) is 64.3. The molecule has 686 valence electrons. The van der Waals surface area contributed by atoms with Crippen LogP contribution in [0.1, 0.15) is 167 Å². The summed E-state index contributed by atoms with van der Waals surface area (Å²) in [4.78, 5) is 83.2. The molecule has 1 amide bonds. The smallest absolute Gasteiger partial charge is 0.269 e. The molecule has 12 aromatic rings. The van der Waals surface area contributed by atoms with Crippen molar-refractivity contribution in [2.24, 2.45) is 23.7 Å². The maximum atomic E-state index is 14.6. The van der Waals surface area contributed by atoms with Gasteiger partial charge in [-0.3, -0.25) is 24.7 Å². The molecule has 0 spiro atoms. The fourth-order valence-corrected chi connectivity index (χ4v) is 20.3. The SMILES string of the molecule is CCc1ncnc(CC2CCC(Oc3cc(N4CC5CC(C4)O5)cc4nccnc34)CC2)c1F.CNC(=O)c1ccnc(CC2CCC(Oc3cc(N4CC5CC(C4)O5)cc4nccnc34)CC2)n1.COc1nccnc1CC1CCC(Oc2cc(N3CCOCC3)cc3nccnc23)CC1.Cc1nccc(CC2CCC(Oc3cc(N4CCOCC4)cc4nonc34)CC2)n1. The summed E-state index contributed by atoms with van der Waals surface area (Å²) in [5.74, 6) is 7.12. The van der Waals surface area contributed by atoms with E-state index >= 15 is 0 Å². The summed E-state index contributed by atoms with van der Waals surface area (Å²) in [6, 6.07) is 20.5. The molecule has 4 unspecified atom stereocenters. The van der Waals surface area contributed by atoms with Crippen molar-refractivity contribution in [3.8, 4) is 28.9 Å². The van der Waals surface area contributed by atoms with Crippen LogP contribution in [0.25, 0.3) is 44.1 Å². The van der Waals surface area contributed by atoms with E-state index in [1.165, 1.54) is 6.33 Å². The number of morpholine rings is 4. The number of aromatic nitrogens is 16. The molecule has 12 fully saturated rings. The molecular formula is C98H116FN21O11. The first-order valence-electron chi connectivity index (χ1n) is 47.1. The van der Waals surface area contributed by atoms with E-state index in [0.29, 0.717) is 89.4 Å². The first kappa shape index (κ1) is 88.3. The van der Waals surface area contributed by atoms with E-state index in [0.717, 1.165) is 321 Å². The molecule has 4 atom stereocenters. The van der Waals surface area contributed by atoms with E-state index in [-0.39, 0.29) is 36.1 Å². The number of methoxy groups -OCH3 is 1. The van der Waals surface area contributed by atoms with Crippen molar-refractivity contribution < 1.29 is 56.4 Å². The predicted molar refractivity (Wildman–Crippen MR) is 490 cm³/mol. The highest BCUT2D eigenvalue weighted by Gasteiger charge is 2.41. The minimum absolute atomic E-state index is 0.122. The molecule has 12 aliphatic rings. The molecule has 4 aliphatic carbocycles. The lowest BCUT2D eigenvalue weighted by Gasteiger charge is -2.48. The number of fused-ring (bicyclic) bond motifs is 8. The van der Waals surface area contributed by atoms with Gasteiger partial charge in [0, 0.05) is 193 Å². The number of carbonyl (C=O) groups excluding carboxylic acids is 1. The molecule has 8 aliphatic heterocycles. The van der Waals surface area contributed by atoms with Gasteiger partial charge in [-0.2, -0.15) is 0 Å². The van der Waals surface area contributed by atoms with Crippen molar-refractivity contribution in [2.75, 3.05) is 113 Å². The van der Waals surface area contributed by atoms with Crippen LogP contribution in [0, 0.1) is 36.4 Å². The number of hydrogen-bond donors (Lipinski definition) is 1. The fraction of sp³-hybridized carbons (Fsp3) is 0.520. The maximum Gasteiger partial charge on any atom is 0.269 e. The molecule has 4 aromatic carbocycles. The zero-order valence-corrected chi connectivity index (χ0v) is 75.1. The second-order valence-corrected chi connectivity index (χ2v) is 36.3. The number of aryl methyl sites for hydroxylation is 2.